The van der Waals surface area contributed by atoms with Gasteiger partial charge in [0.25, 0.3) is 0 Å². The van der Waals surface area contributed by atoms with Crippen LogP contribution in [-0.4, -0.2) is 28.6 Å². The van der Waals surface area contributed by atoms with E-state index >= 15 is 0 Å². The van der Waals surface area contributed by atoms with Crippen LogP contribution in [0.15, 0.2) is 25.3 Å². The highest BCUT2D eigenvalue weighted by Gasteiger charge is 2.41. The van der Waals surface area contributed by atoms with Gasteiger partial charge in [-0.1, -0.05) is 12.2 Å². The van der Waals surface area contributed by atoms with Crippen LogP contribution in [0.4, 0.5) is 0 Å². The molecule has 1 fully saturated rings. The molecule has 0 heterocycles. The van der Waals surface area contributed by atoms with Crippen LogP contribution in [0.25, 0.3) is 0 Å². The van der Waals surface area contributed by atoms with Crippen LogP contribution in [0, 0.1) is 17.8 Å². The van der Waals surface area contributed by atoms with Gasteiger partial charge in [-0.25, -0.2) is 0 Å². The minimum absolute atomic E-state index is 0.568. The van der Waals surface area contributed by atoms with Crippen molar-refractivity contribution < 1.29 is 13.3 Å². The molecule has 22 heavy (non-hydrogen) atoms. The Labute approximate surface area is 138 Å². The Kier molecular flexibility index (Phi) is 9.25. The third-order valence-corrected chi connectivity index (χ3v) is 7.71. The Morgan fingerprint density at radius 3 is 1.91 bits per heavy atom. The highest BCUT2D eigenvalue weighted by atomic mass is 28.4. The molecule has 1 saturated carbocycles. The van der Waals surface area contributed by atoms with Gasteiger partial charge >= 0.3 is 8.80 Å². The SMILES string of the molecule is C=CC1CCC(CC[Si](OCC)(OCC)OCC)CC1C=C. The fraction of sp³-hybridized carbons (Fsp3) is 0.778. The van der Waals surface area contributed by atoms with Gasteiger partial charge in [0.1, 0.15) is 0 Å². The Balaban J connectivity index is 2.60. The van der Waals surface area contributed by atoms with Gasteiger partial charge in [-0.2, -0.15) is 0 Å². The molecule has 0 radical (unpaired) electrons. The summed E-state index contributed by atoms with van der Waals surface area (Å²) >= 11 is 0. The van der Waals surface area contributed by atoms with Crippen LogP contribution in [0.2, 0.25) is 6.04 Å². The van der Waals surface area contributed by atoms with Crippen LogP contribution in [0.1, 0.15) is 46.5 Å². The van der Waals surface area contributed by atoms with Crippen molar-refractivity contribution in [2.75, 3.05) is 19.8 Å². The highest BCUT2D eigenvalue weighted by molar-refractivity contribution is 6.60. The van der Waals surface area contributed by atoms with Crippen molar-refractivity contribution in [1.82, 2.24) is 0 Å². The van der Waals surface area contributed by atoms with E-state index in [1.807, 2.05) is 20.8 Å². The fourth-order valence-corrected chi connectivity index (χ4v) is 6.29. The number of hydrogen-bond acceptors (Lipinski definition) is 3. The van der Waals surface area contributed by atoms with E-state index in [2.05, 4.69) is 25.3 Å². The summed E-state index contributed by atoms with van der Waals surface area (Å²) in [6.07, 6.45) is 9.02. The lowest BCUT2D eigenvalue weighted by atomic mass is 9.73. The van der Waals surface area contributed by atoms with Crippen LogP contribution in [-0.2, 0) is 13.3 Å². The van der Waals surface area contributed by atoms with Gasteiger partial charge in [-0.3, -0.25) is 0 Å². The molecular weight excluding hydrogens is 292 g/mol. The van der Waals surface area contributed by atoms with E-state index in [0.717, 1.165) is 12.5 Å². The second kappa shape index (κ2) is 10.4. The first kappa shape index (κ1) is 19.6. The zero-order valence-electron chi connectivity index (χ0n) is 14.7. The molecular formula is C18H34O3Si. The molecule has 128 valence electrons. The van der Waals surface area contributed by atoms with Gasteiger partial charge < -0.3 is 13.3 Å². The summed E-state index contributed by atoms with van der Waals surface area (Å²) in [6, 6.07) is 0.926. The number of rotatable bonds is 11. The third-order valence-electron chi connectivity index (χ3n) is 4.62. The van der Waals surface area contributed by atoms with Gasteiger partial charge in [0.05, 0.1) is 0 Å². The summed E-state index contributed by atoms with van der Waals surface area (Å²) < 4.78 is 17.9. The van der Waals surface area contributed by atoms with Crippen molar-refractivity contribution in [2.45, 2.75) is 52.5 Å². The Bertz CT molecular complexity index is 315. The summed E-state index contributed by atoms with van der Waals surface area (Å²) in [7, 11) is -2.48. The number of allylic oxidation sites excluding steroid dienone is 2. The molecule has 1 rings (SSSR count). The molecule has 0 N–H and O–H groups in total. The van der Waals surface area contributed by atoms with E-state index in [0.29, 0.717) is 37.6 Å². The minimum atomic E-state index is -2.48. The first-order chi connectivity index (χ1) is 10.6. The van der Waals surface area contributed by atoms with Gasteiger partial charge in [0, 0.05) is 25.9 Å². The van der Waals surface area contributed by atoms with E-state index < -0.39 is 8.80 Å². The molecule has 1 aliphatic rings. The van der Waals surface area contributed by atoms with Gasteiger partial charge in [0.15, 0.2) is 0 Å². The smallest absolute Gasteiger partial charge is 0.374 e. The van der Waals surface area contributed by atoms with Crippen LogP contribution < -0.4 is 0 Å². The lowest BCUT2D eigenvalue weighted by Crippen LogP contribution is -2.46. The maximum Gasteiger partial charge on any atom is 0.500 e. The molecule has 0 aromatic carbocycles. The van der Waals surface area contributed by atoms with Crippen LogP contribution in [0.5, 0.6) is 0 Å². The Hall–Kier alpha value is -0.423. The van der Waals surface area contributed by atoms with E-state index in [-0.39, 0.29) is 0 Å². The average Bonchev–Trinajstić information content (AvgIpc) is 2.53. The predicted octanol–water partition coefficient (Wildman–Crippen LogP) is 4.83. The van der Waals surface area contributed by atoms with Crippen molar-refractivity contribution in [1.29, 1.82) is 0 Å². The van der Waals surface area contributed by atoms with Crippen molar-refractivity contribution >= 4 is 8.80 Å². The summed E-state index contributed by atoms with van der Waals surface area (Å²) in [5, 5.41) is 0. The van der Waals surface area contributed by atoms with Crippen molar-refractivity contribution in [3.8, 4) is 0 Å². The quantitative estimate of drug-likeness (QED) is 0.402. The lowest BCUT2D eigenvalue weighted by Gasteiger charge is -2.35. The monoisotopic (exact) mass is 326 g/mol. The summed E-state index contributed by atoms with van der Waals surface area (Å²) in [5.41, 5.74) is 0. The lowest BCUT2D eigenvalue weighted by molar-refractivity contribution is 0.0683. The van der Waals surface area contributed by atoms with E-state index in [1.54, 1.807) is 0 Å². The normalized spacial score (nSPS) is 25.9. The summed E-state index contributed by atoms with van der Waals surface area (Å²) in [6.45, 7) is 16.0. The van der Waals surface area contributed by atoms with Crippen molar-refractivity contribution in [2.24, 2.45) is 17.8 Å². The second-order valence-electron chi connectivity index (χ2n) is 6.00. The zero-order valence-corrected chi connectivity index (χ0v) is 15.7. The van der Waals surface area contributed by atoms with E-state index in [4.69, 9.17) is 13.3 Å². The molecule has 0 aliphatic heterocycles. The molecule has 1 aliphatic carbocycles. The largest absolute Gasteiger partial charge is 0.500 e. The fourth-order valence-electron chi connectivity index (χ4n) is 3.53. The number of hydrogen-bond donors (Lipinski definition) is 0. The van der Waals surface area contributed by atoms with E-state index in [1.165, 1.54) is 19.3 Å². The molecule has 3 nitrogen and oxygen atoms in total. The third kappa shape index (κ3) is 5.65. The maximum atomic E-state index is 5.96. The molecule has 4 heteroatoms. The summed E-state index contributed by atoms with van der Waals surface area (Å²) in [5.74, 6) is 1.88. The van der Waals surface area contributed by atoms with Crippen LogP contribution >= 0.6 is 0 Å². The molecule has 0 bridgehead atoms. The average molecular weight is 327 g/mol. The van der Waals surface area contributed by atoms with Gasteiger partial charge in [0.2, 0.25) is 0 Å². The Morgan fingerprint density at radius 1 is 0.909 bits per heavy atom. The first-order valence-electron chi connectivity index (χ1n) is 8.81. The van der Waals surface area contributed by atoms with Crippen molar-refractivity contribution in [3.05, 3.63) is 25.3 Å². The molecule has 0 spiro atoms. The predicted molar refractivity (Wildman–Crippen MR) is 94.8 cm³/mol. The molecule has 0 aromatic heterocycles. The van der Waals surface area contributed by atoms with Gasteiger partial charge in [-0.15, -0.1) is 13.2 Å². The second-order valence-corrected chi connectivity index (χ2v) is 8.73. The minimum Gasteiger partial charge on any atom is -0.374 e. The first-order valence-corrected chi connectivity index (χ1v) is 10.7. The van der Waals surface area contributed by atoms with Crippen LogP contribution in [0.3, 0.4) is 0 Å². The molecule has 3 unspecified atom stereocenters. The highest BCUT2D eigenvalue weighted by Crippen LogP contribution is 2.38. The maximum absolute atomic E-state index is 5.96. The van der Waals surface area contributed by atoms with E-state index in [9.17, 15) is 0 Å². The molecule has 0 aromatic rings. The van der Waals surface area contributed by atoms with Crippen molar-refractivity contribution in [3.63, 3.8) is 0 Å². The van der Waals surface area contributed by atoms with Gasteiger partial charge in [-0.05, 0) is 64.2 Å². The topological polar surface area (TPSA) is 27.7 Å². The standard InChI is InChI=1S/C18H34O3Si/c1-6-17-12-11-16(15-18(17)7-2)13-14-22(19-8-3,20-9-4)21-10-5/h6-7,16-18H,1-2,8-15H2,3-5H3. The zero-order chi connectivity index (χ0) is 16.4. The molecule has 0 saturated heterocycles. The Morgan fingerprint density at radius 2 is 1.45 bits per heavy atom. The molecule has 0 amide bonds. The molecule has 3 atom stereocenters. The summed E-state index contributed by atoms with van der Waals surface area (Å²) in [4.78, 5) is 0.